The van der Waals surface area contributed by atoms with Crippen molar-refractivity contribution in [2.45, 2.75) is 18.9 Å². The van der Waals surface area contributed by atoms with Gasteiger partial charge in [-0.1, -0.05) is 42.5 Å². The largest absolute Gasteiger partial charge is 0.452 e. The summed E-state index contributed by atoms with van der Waals surface area (Å²) in [6, 6.07) is 15.7. The molecule has 2 aromatic rings. The molecule has 0 saturated carbocycles. The molecule has 0 aromatic heterocycles. The Labute approximate surface area is 187 Å². The fourth-order valence-electron chi connectivity index (χ4n) is 3.75. The first-order valence-corrected chi connectivity index (χ1v) is 10.6. The lowest BCUT2D eigenvalue weighted by molar-refractivity contribution is -0.385. The molecule has 1 aliphatic heterocycles. The van der Waals surface area contributed by atoms with Crippen molar-refractivity contribution in [3.63, 3.8) is 0 Å². The van der Waals surface area contributed by atoms with Crippen LogP contribution in [-0.2, 0) is 14.3 Å². The number of esters is 1. The zero-order valence-corrected chi connectivity index (χ0v) is 18.1. The molecule has 168 valence electrons. The zero-order valence-electron chi connectivity index (χ0n) is 18.1. The van der Waals surface area contributed by atoms with Crippen molar-refractivity contribution in [3.8, 4) is 0 Å². The van der Waals surface area contributed by atoms with Gasteiger partial charge in [0.05, 0.1) is 16.5 Å². The maximum Gasteiger partial charge on any atom is 0.331 e. The number of nitro benzene ring substituents is 1. The summed E-state index contributed by atoms with van der Waals surface area (Å²) in [6.07, 6.45) is 4.72. The Hall–Kier alpha value is -3.52. The van der Waals surface area contributed by atoms with Gasteiger partial charge in [0.2, 0.25) is 0 Å². The van der Waals surface area contributed by atoms with E-state index < -0.39 is 17.5 Å². The second-order valence-corrected chi connectivity index (χ2v) is 7.70. The van der Waals surface area contributed by atoms with E-state index in [0.29, 0.717) is 0 Å². The van der Waals surface area contributed by atoms with Crippen LogP contribution < -0.4 is 0 Å². The Balaban J connectivity index is 1.60. The molecule has 1 fully saturated rings. The predicted octanol–water partition coefficient (Wildman–Crippen LogP) is 3.45. The van der Waals surface area contributed by atoms with E-state index in [0.717, 1.165) is 44.1 Å². The number of para-hydroxylation sites is 1. The predicted molar refractivity (Wildman–Crippen MR) is 121 cm³/mol. The quantitative estimate of drug-likeness (QED) is 0.258. The van der Waals surface area contributed by atoms with Gasteiger partial charge in [-0.3, -0.25) is 14.9 Å². The van der Waals surface area contributed by atoms with E-state index in [1.165, 1.54) is 18.2 Å². The lowest BCUT2D eigenvalue weighted by atomic mass is 10.0. The minimum atomic E-state index is -0.735. The smallest absolute Gasteiger partial charge is 0.331 e. The minimum Gasteiger partial charge on any atom is -0.452 e. The van der Waals surface area contributed by atoms with Crippen molar-refractivity contribution < 1.29 is 19.2 Å². The maximum atomic E-state index is 12.8. The van der Waals surface area contributed by atoms with E-state index in [9.17, 15) is 19.7 Å². The average molecular weight is 437 g/mol. The van der Waals surface area contributed by atoms with Gasteiger partial charge in [-0.15, -0.1) is 0 Å². The summed E-state index contributed by atoms with van der Waals surface area (Å²) < 4.78 is 5.10. The van der Waals surface area contributed by atoms with E-state index in [1.807, 2.05) is 30.3 Å². The molecule has 0 radical (unpaired) electrons. The van der Waals surface area contributed by atoms with Crippen LogP contribution in [0.5, 0.6) is 0 Å². The van der Waals surface area contributed by atoms with Gasteiger partial charge in [0.1, 0.15) is 0 Å². The number of nitro groups is 1. The van der Waals surface area contributed by atoms with Gasteiger partial charge in [0, 0.05) is 25.7 Å². The molecule has 1 atom stereocenters. The van der Waals surface area contributed by atoms with Crippen LogP contribution in [0.4, 0.5) is 5.69 Å². The molecule has 3 rings (SSSR count). The number of hydrogen-bond donors (Lipinski definition) is 0. The standard InChI is InChI=1S/C24H27N3O5/c1-25(22(17-26-15-7-8-16-26)19-9-3-2-4-10-19)23(28)18-32-24(29)14-13-20-11-5-6-12-21(20)27(30)31/h2-6,9-14,22H,7-8,15-18H2,1H3/b14-13+/t22-/m1/s1. The lowest BCUT2D eigenvalue weighted by Gasteiger charge is -2.32. The van der Waals surface area contributed by atoms with E-state index >= 15 is 0 Å². The Bertz CT molecular complexity index is 971. The fraction of sp³-hybridized carbons (Fsp3) is 0.333. The van der Waals surface area contributed by atoms with Gasteiger partial charge < -0.3 is 14.5 Å². The van der Waals surface area contributed by atoms with Crippen LogP contribution in [0.15, 0.2) is 60.7 Å². The number of carbonyl (C=O) groups is 2. The second-order valence-electron chi connectivity index (χ2n) is 7.70. The summed E-state index contributed by atoms with van der Waals surface area (Å²) in [4.78, 5) is 39.4. The molecule has 8 nitrogen and oxygen atoms in total. The van der Waals surface area contributed by atoms with Crippen molar-refractivity contribution >= 4 is 23.6 Å². The van der Waals surface area contributed by atoms with Gasteiger partial charge in [-0.2, -0.15) is 0 Å². The van der Waals surface area contributed by atoms with Gasteiger partial charge in [-0.05, 0) is 43.6 Å². The summed E-state index contributed by atoms with van der Waals surface area (Å²) in [5.41, 5.74) is 1.20. The Kier molecular flexibility index (Phi) is 8.10. The van der Waals surface area contributed by atoms with E-state index in [4.69, 9.17) is 4.74 Å². The van der Waals surface area contributed by atoms with Crippen LogP contribution in [0.3, 0.4) is 0 Å². The summed E-state index contributed by atoms with van der Waals surface area (Å²) >= 11 is 0. The topological polar surface area (TPSA) is 93.0 Å². The molecule has 1 amide bonds. The third-order valence-corrected chi connectivity index (χ3v) is 5.55. The molecule has 1 heterocycles. The first kappa shape index (κ1) is 23.1. The SMILES string of the molecule is CN(C(=O)COC(=O)/C=C/c1ccccc1[N+](=O)[O-])[C@H](CN1CCCC1)c1ccccc1. The highest BCUT2D eigenvalue weighted by Gasteiger charge is 2.26. The molecule has 8 heteroatoms. The Morgan fingerprint density at radius 3 is 2.47 bits per heavy atom. The highest BCUT2D eigenvalue weighted by Crippen LogP contribution is 2.23. The molecule has 0 bridgehead atoms. The number of ether oxygens (including phenoxy) is 1. The second kappa shape index (κ2) is 11.2. The Morgan fingerprint density at radius 2 is 1.78 bits per heavy atom. The molecular formula is C24H27N3O5. The van der Waals surface area contributed by atoms with Crippen molar-refractivity contribution in [2.24, 2.45) is 0 Å². The highest BCUT2D eigenvalue weighted by molar-refractivity contribution is 5.90. The summed E-state index contributed by atoms with van der Waals surface area (Å²) in [5.74, 6) is -1.05. The van der Waals surface area contributed by atoms with E-state index in [2.05, 4.69) is 4.90 Å². The monoisotopic (exact) mass is 437 g/mol. The molecule has 0 spiro atoms. The summed E-state index contributed by atoms with van der Waals surface area (Å²) in [6.45, 7) is 2.34. The number of hydrogen-bond acceptors (Lipinski definition) is 6. The number of likely N-dealkylation sites (N-methyl/N-ethyl adjacent to an activating group) is 1. The van der Waals surface area contributed by atoms with Crippen molar-refractivity contribution in [3.05, 3.63) is 81.9 Å². The van der Waals surface area contributed by atoms with E-state index in [-0.39, 0.29) is 23.2 Å². The summed E-state index contributed by atoms with van der Waals surface area (Å²) in [5, 5.41) is 11.1. The number of benzene rings is 2. The number of rotatable bonds is 9. The van der Waals surface area contributed by atoms with Crippen LogP contribution in [0.2, 0.25) is 0 Å². The molecular weight excluding hydrogens is 410 g/mol. The van der Waals surface area contributed by atoms with Gasteiger partial charge in [-0.25, -0.2) is 4.79 Å². The number of carbonyl (C=O) groups excluding carboxylic acids is 2. The fourth-order valence-corrected chi connectivity index (χ4v) is 3.75. The lowest BCUT2D eigenvalue weighted by Crippen LogP contribution is -2.40. The summed E-state index contributed by atoms with van der Waals surface area (Å²) in [7, 11) is 1.72. The molecule has 32 heavy (non-hydrogen) atoms. The number of nitrogens with zero attached hydrogens (tertiary/aromatic N) is 3. The molecule has 0 N–H and O–H groups in total. The first-order valence-electron chi connectivity index (χ1n) is 10.6. The molecule has 0 aliphatic carbocycles. The molecule has 1 saturated heterocycles. The van der Waals surface area contributed by atoms with Crippen LogP contribution >= 0.6 is 0 Å². The first-order chi connectivity index (χ1) is 15.5. The van der Waals surface area contributed by atoms with E-state index in [1.54, 1.807) is 24.1 Å². The molecule has 0 unspecified atom stereocenters. The van der Waals surface area contributed by atoms with Crippen LogP contribution in [0.1, 0.15) is 30.0 Å². The van der Waals surface area contributed by atoms with Crippen molar-refractivity contribution in [1.82, 2.24) is 9.80 Å². The van der Waals surface area contributed by atoms with Crippen LogP contribution in [0.25, 0.3) is 6.08 Å². The molecule has 1 aliphatic rings. The van der Waals surface area contributed by atoms with Crippen molar-refractivity contribution in [1.29, 1.82) is 0 Å². The zero-order chi connectivity index (χ0) is 22.9. The van der Waals surface area contributed by atoms with Gasteiger partial charge >= 0.3 is 5.97 Å². The van der Waals surface area contributed by atoms with Crippen LogP contribution in [-0.4, -0.2) is 59.9 Å². The number of amides is 1. The average Bonchev–Trinajstić information content (AvgIpc) is 3.33. The highest BCUT2D eigenvalue weighted by atomic mass is 16.6. The van der Waals surface area contributed by atoms with Crippen LogP contribution in [0, 0.1) is 10.1 Å². The third kappa shape index (κ3) is 6.24. The third-order valence-electron chi connectivity index (χ3n) is 5.55. The number of likely N-dealkylation sites (tertiary alicyclic amines) is 1. The van der Waals surface area contributed by atoms with Gasteiger partial charge in [0.15, 0.2) is 6.61 Å². The normalized spacial score (nSPS) is 14.9. The minimum absolute atomic E-state index is 0.111. The Morgan fingerprint density at radius 1 is 1.12 bits per heavy atom. The van der Waals surface area contributed by atoms with Crippen molar-refractivity contribution in [2.75, 3.05) is 33.3 Å². The maximum absolute atomic E-state index is 12.8. The van der Waals surface area contributed by atoms with Gasteiger partial charge in [0.25, 0.3) is 11.6 Å². The molecule has 2 aromatic carbocycles.